The Bertz CT molecular complexity index is 713. The van der Waals surface area contributed by atoms with E-state index < -0.39 is 49.6 Å². The first-order valence-corrected chi connectivity index (χ1v) is 6.22. The summed E-state index contributed by atoms with van der Waals surface area (Å²) in [6.07, 6.45) is -11.1. The maximum absolute atomic E-state index is 12.6. The lowest BCUT2D eigenvalue weighted by Crippen LogP contribution is -2.24. The van der Waals surface area contributed by atoms with E-state index in [0.717, 1.165) is 0 Å². The summed E-state index contributed by atoms with van der Waals surface area (Å²) in [5.41, 5.74) is -4.13. The monoisotopic (exact) mass is 355 g/mol. The third kappa shape index (κ3) is 4.17. The van der Waals surface area contributed by atoms with Crippen LogP contribution in [0.3, 0.4) is 0 Å². The Labute approximate surface area is 116 Å². The number of hydrogen-bond acceptors (Lipinski definition) is 6. The van der Waals surface area contributed by atoms with Crippen LogP contribution in [-0.4, -0.2) is 24.7 Å². The summed E-state index contributed by atoms with van der Waals surface area (Å²) in [7, 11) is -5.16. The summed E-state index contributed by atoms with van der Waals surface area (Å²) < 4.78 is 99.1. The zero-order chi connectivity index (χ0) is 17.5. The van der Waals surface area contributed by atoms with Crippen molar-refractivity contribution in [2.75, 3.05) is 0 Å². The van der Waals surface area contributed by atoms with Gasteiger partial charge in [0.25, 0.3) is 0 Å². The molecule has 22 heavy (non-hydrogen) atoms. The van der Waals surface area contributed by atoms with Crippen LogP contribution in [0, 0.1) is 10.1 Å². The van der Waals surface area contributed by atoms with Crippen molar-refractivity contribution in [2.45, 2.75) is 17.4 Å². The fourth-order valence-corrected chi connectivity index (χ4v) is 1.91. The zero-order valence-electron chi connectivity index (χ0n) is 9.77. The molecule has 0 amide bonds. The third-order valence-corrected chi connectivity index (χ3v) is 2.84. The number of primary sulfonamides is 1. The van der Waals surface area contributed by atoms with Gasteiger partial charge in [-0.05, 0) is 0 Å². The van der Waals surface area contributed by atoms with E-state index in [1.165, 1.54) is 0 Å². The standard InChI is InChI=1S/C7H3F6N3O5S/c8-6(9,10)4-3(22(14,19)20)1-2(16(17)18)5(15-4)21-7(11,12)13/h1H,(H2,14,19,20). The van der Waals surface area contributed by atoms with E-state index in [1.54, 1.807) is 0 Å². The van der Waals surface area contributed by atoms with Gasteiger partial charge in [0.15, 0.2) is 5.69 Å². The highest BCUT2D eigenvalue weighted by Crippen LogP contribution is 2.39. The fourth-order valence-electron chi connectivity index (χ4n) is 1.20. The molecule has 0 saturated carbocycles. The lowest BCUT2D eigenvalue weighted by atomic mass is 10.3. The molecule has 1 aromatic rings. The van der Waals surface area contributed by atoms with Crippen LogP contribution < -0.4 is 9.88 Å². The number of hydrogen-bond donors (Lipinski definition) is 1. The molecule has 0 aliphatic heterocycles. The highest BCUT2D eigenvalue weighted by molar-refractivity contribution is 7.89. The van der Waals surface area contributed by atoms with Gasteiger partial charge in [0, 0.05) is 6.07 Å². The Morgan fingerprint density at radius 1 is 1.23 bits per heavy atom. The van der Waals surface area contributed by atoms with Crippen LogP contribution in [0.25, 0.3) is 0 Å². The van der Waals surface area contributed by atoms with Gasteiger partial charge in [-0.25, -0.2) is 18.5 Å². The molecule has 0 radical (unpaired) electrons. The molecule has 1 aromatic heterocycles. The summed E-state index contributed by atoms with van der Waals surface area (Å²) in [6, 6.07) is -0.313. The number of aromatic nitrogens is 1. The number of alkyl halides is 6. The molecule has 8 nitrogen and oxygen atoms in total. The summed E-state index contributed by atoms with van der Waals surface area (Å²) in [5.74, 6) is -2.07. The van der Waals surface area contributed by atoms with E-state index >= 15 is 0 Å². The van der Waals surface area contributed by atoms with E-state index in [2.05, 4.69) is 14.9 Å². The first kappa shape index (κ1) is 17.9. The van der Waals surface area contributed by atoms with Crippen molar-refractivity contribution in [1.82, 2.24) is 4.98 Å². The molecule has 0 spiro atoms. The molecule has 15 heteroatoms. The lowest BCUT2D eigenvalue weighted by molar-refractivity contribution is -0.389. The first-order valence-electron chi connectivity index (χ1n) is 4.68. The number of rotatable bonds is 3. The van der Waals surface area contributed by atoms with E-state index in [9.17, 15) is 44.9 Å². The highest BCUT2D eigenvalue weighted by atomic mass is 32.2. The average Bonchev–Trinajstić information content (AvgIpc) is 2.22. The Morgan fingerprint density at radius 3 is 2.05 bits per heavy atom. The second kappa shape index (κ2) is 5.24. The van der Waals surface area contributed by atoms with E-state index in [1.807, 2.05) is 0 Å². The Balaban J connectivity index is 3.77. The van der Waals surface area contributed by atoms with Gasteiger partial charge in [-0.1, -0.05) is 0 Å². The average molecular weight is 355 g/mol. The summed E-state index contributed by atoms with van der Waals surface area (Å²) in [6.45, 7) is 0. The van der Waals surface area contributed by atoms with Gasteiger partial charge in [-0.3, -0.25) is 10.1 Å². The Hall–Kier alpha value is -2.16. The molecule has 0 bridgehead atoms. The Kier molecular flexibility index (Phi) is 4.26. The van der Waals surface area contributed by atoms with Gasteiger partial charge in [-0.2, -0.15) is 13.2 Å². The van der Waals surface area contributed by atoms with Gasteiger partial charge >= 0.3 is 24.1 Å². The predicted molar refractivity (Wildman–Crippen MR) is 53.9 cm³/mol. The molecule has 0 unspecified atom stereocenters. The van der Waals surface area contributed by atoms with Crippen LogP contribution in [0.1, 0.15) is 5.69 Å². The SMILES string of the molecule is NS(=O)(=O)c1cc([N+](=O)[O-])c(OC(F)(F)F)nc1C(F)(F)F. The normalized spacial score (nSPS) is 13.0. The first-order chi connectivity index (χ1) is 9.63. The van der Waals surface area contributed by atoms with E-state index in [4.69, 9.17) is 0 Å². The van der Waals surface area contributed by atoms with Crippen molar-refractivity contribution in [3.8, 4) is 5.88 Å². The van der Waals surface area contributed by atoms with E-state index in [0.29, 0.717) is 0 Å². The van der Waals surface area contributed by atoms with Crippen molar-refractivity contribution in [2.24, 2.45) is 5.14 Å². The van der Waals surface area contributed by atoms with Crippen molar-refractivity contribution in [3.05, 3.63) is 21.9 Å². The lowest BCUT2D eigenvalue weighted by Gasteiger charge is -2.13. The minimum atomic E-state index is -5.59. The highest BCUT2D eigenvalue weighted by Gasteiger charge is 2.43. The number of sulfonamides is 1. The number of nitrogens with two attached hydrogens (primary N) is 1. The largest absolute Gasteiger partial charge is 0.574 e. The van der Waals surface area contributed by atoms with Gasteiger partial charge in [0.1, 0.15) is 4.90 Å². The fraction of sp³-hybridized carbons (Fsp3) is 0.286. The molecular weight excluding hydrogens is 352 g/mol. The van der Waals surface area contributed by atoms with Crippen molar-refractivity contribution in [1.29, 1.82) is 0 Å². The van der Waals surface area contributed by atoms with Gasteiger partial charge in [0.2, 0.25) is 10.0 Å². The number of halogens is 6. The second-order valence-corrected chi connectivity index (χ2v) is 5.04. The predicted octanol–water partition coefficient (Wildman–Crippen LogP) is 1.55. The van der Waals surface area contributed by atoms with E-state index in [-0.39, 0.29) is 6.07 Å². The molecule has 0 aliphatic rings. The summed E-state index contributed by atoms with van der Waals surface area (Å²) >= 11 is 0. The van der Waals surface area contributed by atoms with Crippen molar-refractivity contribution in [3.63, 3.8) is 0 Å². The molecular formula is C7H3F6N3O5S. The van der Waals surface area contributed by atoms with Crippen LogP contribution in [-0.2, 0) is 16.2 Å². The van der Waals surface area contributed by atoms with Gasteiger partial charge in [-0.15, -0.1) is 13.2 Å². The van der Waals surface area contributed by atoms with Crippen LogP contribution in [0.4, 0.5) is 32.0 Å². The van der Waals surface area contributed by atoms with Gasteiger partial charge in [0.05, 0.1) is 4.92 Å². The van der Waals surface area contributed by atoms with Gasteiger partial charge < -0.3 is 4.74 Å². The quantitative estimate of drug-likeness (QED) is 0.498. The molecule has 1 rings (SSSR count). The minimum Gasteiger partial charge on any atom is -0.381 e. The molecule has 124 valence electrons. The molecule has 0 atom stereocenters. The number of nitro groups is 1. The van der Waals surface area contributed by atoms with Crippen molar-refractivity contribution < 1.29 is 44.4 Å². The summed E-state index contributed by atoms with van der Waals surface area (Å²) in [5, 5.41) is 15.0. The smallest absolute Gasteiger partial charge is 0.381 e. The molecule has 0 aromatic carbocycles. The zero-order valence-corrected chi connectivity index (χ0v) is 10.6. The molecule has 0 fully saturated rings. The Morgan fingerprint density at radius 2 is 1.73 bits per heavy atom. The number of pyridine rings is 1. The maximum atomic E-state index is 12.6. The second-order valence-electron chi connectivity index (χ2n) is 3.51. The topological polar surface area (TPSA) is 125 Å². The van der Waals surface area contributed by atoms with Crippen LogP contribution in [0.15, 0.2) is 11.0 Å². The summed E-state index contributed by atoms with van der Waals surface area (Å²) in [4.78, 5) is 9.33. The third-order valence-electron chi connectivity index (χ3n) is 1.92. The number of ether oxygens (including phenoxy) is 1. The number of nitrogens with zero attached hydrogens (tertiary/aromatic N) is 2. The molecule has 2 N–H and O–H groups in total. The molecule has 0 saturated heterocycles. The van der Waals surface area contributed by atoms with Crippen LogP contribution in [0.5, 0.6) is 5.88 Å². The molecule has 1 heterocycles. The van der Waals surface area contributed by atoms with Crippen LogP contribution in [0.2, 0.25) is 0 Å². The van der Waals surface area contributed by atoms with Crippen molar-refractivity contribution >= 4 is 15.7 Å². The minimum absolute atomic E-state index is 0.313. The molecule has 0 aliphatic carbocycles. The van der Waals surface area contributed by atoms with Crippen LogP contribution >= 0.6 is 0 Å². The maximum Gasteiger partial charge on any atom is 0.574 e.